The van der Waals surface area contributed by atoms with Gasteiger partial charge in [0.05, 0.1) is 13.2 Å². The van der Waals surface area contributed by atoms with Gasteiger partial charge in [-0.25, -0.2) is 0 Å². The predicted molar refractivity (Wildman–Crippen MR) is 126 cm³/mol. The topological polar surface area (TPSA) is 243 Å². The number of rotatable bonds is 15. The van der Waals surface area contributed by atoms with Crippen molar-refractivity contribution in [3.8, 4) is 0 Å². The number of amides is 5. The Balaban J connectivity index is 2.85. The maximum Gasteiger partial charge on any atom is 0.303 e. The number of aliphatic carboxylic acids is 1. The third-order valence-corrected chi connectivity index (χ3v) is 4.99. The second-order valence-electron chi connectivity index (χ2n) is 7.88. The number of carboxylic acid groups (broad SMARTS) is 1. The standard InChI is InChI=1S/C22H32N6O8/c1-12(20(34)28-15(19(24)33)9-13-5-3-2-4-6-13)25-21(35)14(7-8-18(31)32)27-22(36)16(11-29)26-17(30)10-23/h2-6,12,14-16,29H,7-11,23H2,1H3,(H2,24,33)(H,25,35)(H,26,30)(H,27,36)(H,28,34)(H,31,32)/t12-,14-,15-,16-/m0/s1. The van der Waals surface area contributed by atoms with Crippen LogP contribution in [0.2, 0.25) is 0 Å². The first-order chi connectivity index (χ1) is 17.0. The minimum absolute atomic E-state index is 0.122. The van der Waals surface area contributed by atoms with E-state index in [-0.39, 0.29) is 12.8 Å². The molecule has 0 saturated carbocycles. The molecule has 5 amide bonds. The summed E-state index contributed by atoms with van der Waals surface area (Å²) >= 11 is 0. The first kappa shape index (κ1) is 30.0. The highest BCUT2D eigenvalue weighted by Crippen LogP contribution is 2.04. The van der Waals surface area contributed by atoms with Crippen LogP contribution in [0.4, 0.5) is 0 Å². The van der Waals surface area contributed by atoms with Gasteiger partial charge in [0.2, 0.25) is 29.5 Å². The molecule has 1 rings (SSSR count). The molecule has 14 nitrogen and oxygen atoms in total. The van der Waals surface area contributed by atoms with Crippen molar-refractivity contribution < 1.29 is 39.0 Å². The minimum atomic E-state index is -1.43. The Morgan fingerprint density at radius 3 is 1.97 bits per heavy atom. The van der Waals surface area contributed by atoms with E-state index in [9.17, 15) is 33.9 Å². The maximum atomic E-state index is 12.7. The zero-order chi connectivity index (χ0) is 27.3. The molecule has 4 atom stereocenters. The molecule has 0 bridgehead atoms. The summed E-state index contributed by atoms with van der Waals surface area (Å²) < 4.78 is 0. The number of hydrogen-bond acceptors (Lipinski definition) is 8. The Hall–Kier alpha value is -4.04. The molecule has 0 unspecified atom stereocenters. The zero-order valence-corrected chi connectivity index (χ0v) is 19.7. The average molecular weight is 509 g/mol. The molecule has 10 N–H and O–H groups in total. The first-order valence-corrected chi connectivity index (χ1v) is 11.0. The van der Waals surface area contributed by atoms with Gasteiger partial charge in [0.1, 0.15) is 24.2 Å². The van der Waals surface area contributed by atoms with Gasteiger partial charge in [-0.1, -0.05) is 30.3 Å². The van der Waals surface area contributed by atoms with Crippen molar-refractivity contribution in [1.82, 2.24) is 21.3 Å². The molecule has 0 aliphatic heterocycles. The van der Waals surface area contributed by atoms with E-state index in [1.807, 2.05) is 0 Å². The molecule has 198 valence electrons. The number of carbonyl (C=O) groups excluding carboxylic acids is 5. The molecule has 0 radical (unpaired) electrons. The van der Waals surface area contributed by atoms with Crippen LogP contribution in [0, 0.1) is 0 Å². The number of benzene rings is 1. The summed E-state index contributed by atoms with van der Waals surface area (Å²) in [7, 11) is 0. The monoisotopic (exact) mass is 508 g/mol. The number of nitrogens with one attached hydrogen (secondary N) is 4. The van der Waals surface area contributed by atoms with Gasteiger partial charge in [-0.2, -0.15) is 0 Å². The van der Waals surface area contributed by atoms with E-state index in [0.29, 0.717) is 0 Å². The van der Waals surface area contributed by atoms with E-state index in [0.717, 1.165) is 5.56 Å². The number of carbonyl (C=O) groups is 6. The fraction of sp³-hybridized carbons (Fsp3) is 0.455. The number of aliphatic hydroxyl groups excluding tert-OH is 1. The van der Waals surface area contributed by atoms with E-state index in [2.05, 4.69) is 21.3 Å². The molecule has 0 aliphatic carbocycles. The van der Waals surface area contributed by atoms with Crippen molar-refractivity contribution in [3.05, 3.63) is 35.9 Å². The average Bonchev–Trinajstić information content (AvgIpc) is 2.84. The molecule has 1 aromatic rings. The highest BCUT2D eigenvalue weighted by Gasteiger charge is 2.29. The van der Waals surface area contributed by atoms with Gasteiger partial charge >= 0.3 is 5.97 Å². The lowest BCUT2D eigenvalue weighted by Crippen LogP contribution is -2.58. The van der Waals surface area contributed by atoms with Gasteiger partial charge in [-0.15, -0.1) is 0 Å². The van der Waals surface area contributed by atoms with Crippen molar-refractivity contribution in [2.75, 3.05) is 13.2 Å². The van der Waals surface area contributed by atoms with E-state index < -0.39 is 79.2 Å². The van der Waals surface area contributed by atoms with Gasteiger partial charge in [0.25, 0.3) is 0 Å². The number of hydrogen-bond donors (Lipinski definition) is 8. The van der Waals surface area contributed by atoms with Crippen molar-refractivity contribution in [2.45, 2.75) is 50.4 Å². The summed E-state index contributed by atoms with van der Waals surface area (Å²) in [5, 5.41) is 27.5. The van der Waals surface area contributed by atoms with Crippen LogP contribution in [-0.4, -0.2) is 83.0 Å². The molecule has 0 saturated heterocycles. The van der Waals surface area contributed by atoms with E-state index in [1.54, 1.807) is 30.3 Å². The largest absolute Gasteiger partial charge is 0.481 e. The Morgan fingerprint density at radius 2 is 1.44 bits per heavy atom. The quantitative estimate of drug-likeness (QED) is 0.117. The molecule has 0 aliphatic rings. The Labute approximate surface area is 207 Å². The lowest BCUT2D eigenvalue weighted by Gasteiger charge is -2.24. The Kier molecular flexibility index (Phi) is 12.5. The van der Waals surface area contributed by atoms with Gasteiger partial charge < -0.3 is 42.9 Å². The van der Waals surface area contributed by atoms with Crippen LogP contribution in [0.5, 0.6) is 0 Å². The van der Waals surface area contributed by atoms with Crippen molar-refractivity contribution in [3.63, 3.8) is 0 Å². The van der Waals surface area contributed by atoms with Crippen molar-refractivity contribution in [1.29, 1.82) is 0 Å². The molecule has 0 heterocycles. The Bertz CT molecular complexity index is 942. The van der Waals surface area contributed by atoms with Crippen LogP contribution in [0.3, 0.4) is 0 Å². The van der Waals surface area contributed by atoms with Crippen molar-refractivity contribution in [2.24, 2.45) is 11.5 Å². The summed E-state index contributed by atoms with van der Waals surface area (Å²) in [6.07, 6.45) is -0.724. The third-order valence-electron chi connectivity index (χ3n) is 4.99. The zero-order valence-electron chi connectivity index (χ0n) is 19.7. The van der Waals surface area contributed by atoms with Gasteiger partial charge in [-0.3, -0.25) is 28.8 Å². The highest BCUT2D eigenvalue weighted by molar-refractivity contribution is 5.95. The van der Waals surface area contributed by atoms with Gasteiger partial charge in [0, 0.05) is 12.8 Å². The number of nitrogens with two attached hydrogens (primary N) is 2. The molecule has 0 spiro atoms. The summed E-state index contributed by atoms with van der Waals surface area (Å²) in [5.74, 6) is -5.36. The first-order valence-electron chi connectivity index (χ1n) is 11.0. The SMILES string of the molecule is C[C@H](NC(=O)[C@H](CCC(=O)O)NC(=O)[C@H](CO)NC(=O)CN)C(=O)N[C@@H](Cc1ccccc1)C(N)=O. The van der Waals surface area contributed by atoms with E-state index in [4.69, 9.17) is 16.6 Å². The molecule has 0 aromatic heterocycles. The summed E-state index contributed by atoms with van der Waals surface area (Å²) in [6, 6.07) is 3.70. The molecule has 1 aromatic carbocycles. The minimum Gasteiger partial charge on any atom is -0.481 e. The fourth-order valence-corrected chi connectivity index (χ4v) is 3.01. The lowest BCUT2D eigenvalue weighted by molar-refractivity contribution is -0.138. The summed E-state index contributed by atoms with van der Waals surface area (Å²) in [4.78, 5) is 72.0. The van der Waals surface area contributed by atoms with Gasteiger partial charge in [0.15, 0.2) is 0 Å². The molecule has 36 heavy (non-hydrogen) atoms. The van der Waals surface area contributed by atoms with Crippen LogP contribution in [-0.2, 0) is 35.2 Å². The van der Waals surface area contributed by atoms with Crippen LogP contribution in [0.1, 0.15) is 25.3 Å². The molecule has 0 fully saturated rings. The molecular formula is C22H32N6O8. The highest BCUT2D eigenvalue weighted by atomic mass is 16.4. The van der Waals surface area contributed by atoms with Crippen LogP contribution >= 0.6 is 0 Å². The Morgan fingerprint density at radius 1 is 0.861 bits per heavy atom. The smallest absolute Gasteiger partial charge is 0.303 e. The summed E-state index contributed by atoms with van der Waals surface area (Å²) in [6.45, 7) is 0.0668. The van der Waals surface area contributed by atoms with Crippen LogP contribution in [0.25, 0.3) is 0 Å². The molecule has 14 heteroatoms. The normalized spacial score (nSPS) is 13.9. The van der Waals surface area contributed by atoms with Gasteiger partial charge in [-0.05, 0) is 18.9 Å². The second kappa shape index (κ2) is 15.1. The maximum absolute atomic E-state index is 12.7. The number of primary amides is 1. The van der Waals surface area contributed by atoms with E-state index >= 15 is 0 Å². The van der Waals surface area contributed by atoms with Crippen molar-refractivity contribution >= 4 is 35.5 Å². The molecular weight excluding hydrogens is 476 g/mol. The third kappa shape index (κ3) is 10.5. The second-order valence-corrected chi connectivity index (χ2v) is 7.88. The summed E-state index contributed by atoms with van der Waals surface area (Å²) in [5.41, 5.74) is 11.3. The predicted octanol–water partition coefficient (Wildman–Crippen LogP) is -3.51. The van der Waals surface area contributed by atoms with Crippen LogP contribution < -0.4 is 32.7 Å². The van der Waals surface area contributed by atoms with Crippen LogP contribution in [0.15, 0.2) is 30.3 Å². The number of aliphatic hydroxyl groups is 1. The lowest BCUT2D eigenvalue weighted by atomic mass is 10.0. The fourth-order valence-electron chi connectivity index (χ4n) is 3.01. The number of carboxylic acids is 1. The van der Waals surface area contributed by atoms with E-state index in [1.165, 1.54) is 6.92 Å².